The summed E-state index contributed by atoms with van der Waals surface area (Å²) in [6.45, 7) is 2.17. The summed E-state index contributed by atoms with van der Waals surface area (Å²) in [7, 11) is -4.12. The third-order valence-corrected chi connectivity index (χ3v) is 5.56. The van der Waals surface area contributed by atoms with Crippen LogP contribution in [0, 0.1) is 0 Å². The smallest absolute Gasteiger partial charge is 0.282 e. The van der Waals surface area contributed by atoms with Gasteiger partial charge in [-0.25, -0.2) is 4.98 Å². The van der Waals surface area contributed by atoms with Crippen molar-refractivity contribution in [3.05, 3.63) is 77.9 Å². The fourth-order valence-electron chi connectivity index (χ4n) is 2.50. The lowest BCUT2D eigenvalue weighted by Crippen LogP contribution is -1.97. The average molecular weight is 399 g/mol. The minimum atomic E-state index is -4.12. The maximum atomic E-state index is 10.8. The third kappa shape index (κ3) is 4.97. The van der Waals surface area contributed by atoms with Gasteiger partial charge in [-0.1, -0.05) is 31.2 Å². The van der Waals surface area contributed by atoms with Crippen LogP contribution in [-0.2, 0) is 16.5 Å². The zero-order valence-electron chi connectivity index (χ0n) is 14.6. The minimum Gasteiger partial charge on any atom is -0.282 e. The lowest BCUT2D eigenvalue weighted by molar-refractivity contribution is 0.483. The molecule has 0 aliphatic heterocycles. The van der Waals surface area contributed by atoms with E-state index in [0.717, 1.165) is 11.4 Å². The summed E-state index contributed by atoms with van der Waals surface area (Å²) in [5, 5.41) is 3.80. The Morgan fingerprint density at radius 2 is 1.85 bits per heavy atom. The molecular weight excluding hydrogens is 380 g/mol. The first-order chi connectivity index (χ1) is 13.0. The van der Waals surface area contributed by atoms with Crippen LogP contribution in [0.25, 0.3) is 21.5 Å². The molecule has 138 valence electrons. The average Bonchev–Trinajstić information content (AvgIpc) is 3.22. The quantitative estimate of drug-likeness (QED) is 0.499. The zero-order chi connectivity index (χ0) is 19.3. The van der Waals surface area contributed by atoms with Crippen molar-refractivity contribution in [3.8, 4) is 10.6 Å². The van der Waals surface area contributed by atoms with Gasteiger partial charge < -0.3 is 0 Å². The van der Waals surface area contributed by atoms with Crippen LogP contribution < -0.4 is 0 Å². The summed E-state index contributed by atoms with van der Waals surface area (Å²) >= 11 is 1.68. The van der Waals surface area contributed by atoms with Crippen molar-refractivity contribution in [1.82, 2.24) is 9.97 Å². The Hall–Kier alpha value is -2.61. The number of hydrogen-bond donors (Lipinski definition) is 1. The number of fused-ring (bicyclic) bond motifs is 1. The van der Waals surface area contributed by atoms with E-state index in [9.17, 15) is 8.42 Å². The van der Waals surface area contributed by atoms with E-state index >= 15 is 0 Å². The highest BCUT2D eigenvalue weighted by Gasteiger charge is 2.09. The molecule has 0 unspecified atom stereocenters. The molecule has 4 aromatic rings. The fraction of sp³-hybridized carbons (Fsp3) is 0.100. The Morgan fingerprint density at radius 3 is 2.56 bits per heavy atom. The normalized spacial score (nSPS) is 11.0. The number of aryl methyl sites for hydroxylation is 1. The van der Waals surface area contributed by atoms with Crippen LogP contribution in [0.4, 0.5) is 0 Å². The van der Waals surface area contributed by atoms with Gasteiger partial charge in [0.25, 0.3) is 10.1 Å². The predicted octanol–water partition coefficient (Wildman–Crippen LogP) is 4.85. The van der Waals surface area contributed by atoms with Crippen LogP contribution in [0.5, 0.6) is 0 Å². The molecule has 2 heterocycles. The molecule has 0 spiro atoms. The molecule has 1 N–H and O–H groups in total. The van der Waals surface area contributed by atoms with E-state index in [2.05, 4.69) is 41.2 Å². The van der Waals surface area contributed by atoms with Gasteiger partial charge in [-0.15, -0.1) is 11.3 Å². The predicted molar refractivity (Wildman–Crippen MR) is 108 cm³/mol. The van der Waals surface area contributed by atoms with Crippen molar-refractivity contribution in [2.75, 3.05) is 0 Å². The van der Waals surface area contributed by atoms with Gasteiger partial charge in [-0.2, -0.15) is 8.42 Å². The van der Waals surface area contributed by atoms with Crippen LogP contribution in [0.15, 0.2) is 77.3 Å². The molecule has 2 aromatic carbocycles. The Labute approximate surface area is 162 Å². The minimum absolute atomic E-state index is 0.113. The zero-order valence-corrected chi connectivity index (χ0v) is 16.2. The molecule has 0 saturated carbocycles. The van der Waals surface area contributed by atoms with E-state index in [1.54, 1.807) is 35.7 Å². The van der Waals surface area contributed by atoms with Crippen LogP contribution in [0.1, 0.15) is 12.5 Å². The highest BCUT2D eigenvalue weighted by Crippen LogP contribution is 2.22. The summed E-state index contributed by atoms with van der Waals surface area (Å²) in [6.07, 6.45) is 4.55. The van der Waals surface area contributed by atoms with Crippen molar-refractivity contribution in [1.29, 1.82) is 0 Å². The lowest BCUT2D eigenvalue weighted by Gasteiger charge is -1.99. The number of hydrogen-bond acceptors (Lipinski definition) is 5. The van der Waals surface area contributed by atoms with E-state index in [1.807, 2.05) is 11.6 Å². The van der Waals surface area contributed by atoms with Crippen molar-refractivity contribution in [2.24, 2.45) is 0 Å². The topological polar surface area (TPSA) is 80.2 Å². The highest BCUT2D eigenvalue weighted by molar-refractivity contribution is 7.85. The SMILES string of the molecule is CCc1cccc(-c2nccs2)c1.O=S(=O)(O)c1ccc2ncccc2c1. The van der Waals surface area contributed by atoms with Crippen molar-refractivity contribution < 1.29 is 13.0 Å². The second-order valence-corrected chi connectivity index (χ2v) is 8.04. The monoisotopic (exact) mass is 398 g/mol. The maximum Gasteiger partial charge on any atom is 0.294 e. The van der Waals surface area contributed by atoms with Crippen LogP contribution >= 0.6 is 11.3 Å². The van der Waals surface area contributed by atoms with E-state index < -0.39 is 10.1 Å². The van der Waals surface area contributed by atoms with Gasteiger partial charge in [0.2, 0.25) is 0 Å². The Kier molecular flexibility index (Phi) is 5.95. The first kappa shape index (κ1) is 19.2. The highest BCUT2D eigenvalue weighted by atomic mass is 32.2. The molecule has 0 atom stereocenters. The van der Waals surface area contributed by atoms with E-state index in [-0.39, 0.29) is 4.90 Å². The second kappa shape index (κ2) is 8.39. The van der Waals surface area contributed by atoms with Crippen LogP contribution in [0.2, 0.25) is 0 Å². The van der Waals surface area contributed by atoms with Crippen LogP contribution in [-0.4, -0.2) is 22.9 Å². The summed E-state index contributed by atoms with van der Waals surface area (Å²) in [4.78, 5) is 8.20. The molecule has 5 nitrogen and oxygen atoms in total. The van der Waals surface area contributed by atoms with Gasteiger partial charge in [0, 0.05) is 28.7 Å². The number of thiazole rings is 1. The molecule has 0 aliphatic rings. The number of pyridine rings is 1. The molecule has 27 heavy (non-hydrogen) atoms. The summed E-state index contributed by atoms with van der Waals surface area (Å²) in [5.74, 6) is 0. The van der Waals surface area contributed by atoms with Gasteiger partial charge in [0.1, 0.15) is 5.01 Å². The first-order valence-corrected chi connectivity index (χ1v) is 10.6. The molecule has 0 radical (unpaired) electrons. The first-order valence-electron chi connectivity index (χ1n) is 8.28. The number of aromatic nitrogens is 2. The van der Waals surface area contributed by atoms with Gasteiger partial charge in [-0.3, -0.25) is 9.54 Å². The Morgan fingerprint density at radius 1 is 1.00 bits per heavy atom. The Balaban J connectivity index is 0.000000156. The molecular formula is C20H18N2O3S2. The largest absolute Gasteiger partial charge is 0.294 e. The third-order valence-electron chi connectivity index (χ3n) is 3.89. The van der Waals surface area contributed by atoms with Crippen LogP contribution in [0.3, 0.4) is 0 Å². The molecule has 0 aliphatic carbocycles. The summed E-state index contributed by atoms with van der Waals surface area (Å²) < 4.78 is 30.4. The summed E-state index contributed by atoms with van der Waals surface area (Å²) in [5.41, 5.74) is 3.29. The second-order valence-electron chi connectivity index (χ2n) is 5.72. The molecule has 2 aromatic heterocycles. The molecule has 0 bridgehead atoms. The van der Waals surface area contributed by atoms with Crippen molar-refractivity contribution >= 4 is 32.4 Å². The maximum absolute atomic E-state index is 10.8. The molecule has 0 amide bonds. The van der Waals surface area contributed by atoms with E-state index in [0.29, 0.717) is 10.9 Å². The molecule has 4 rings (SSSR count). The van der Waals surface area contributed by atoms with E-state index in [1.165, 1.54) is 23.3 Å². The van der Waals surface area contributed by atoms with Gasteiger partial charge in [0.15, 0.2) is 0 Å². The van der Waals surface area contributed by atoms with Gasteiger partial charge >= 0.3 is 0 Å². The number of nitrogens with zero attached hydrogens (tertiary/aromatic N) is 2. The van der Waals surface area contributed by atoms with E-state index in [4.69, 9.17) is 4.55 Å². The van der Waals surface area contributed by atoms with Crippen molar-refractivity contribution in [3.63, 3.8) is 0 Å². The molecule has 0 fully saturated rings. The standard InChI is InChI=1S/C11H11NS.C9H7NO3S/c1-2-9-4-3-5-10(8-9)11-12-6-7-13-11;11-14(12,13)8-3-4-9-7(6-8)2-1-5-10-9/h3-8H,2H2,1H3;1-6H,(H,11,12,13). The number of benzene rings is 2. The van der Waals surface area contributed by atoms with Gasteiger partial charge in [-0.05, 0) is 42.3 Å². The summed E-state index contributed by atoms with van der Waals surface area (Å²) in [6, 6.07) is 16.3. The number of rotatable bonds is 3. The Bertz CT molecular complexity index is 1140. The van der Waals surface area contributed by atoms with Crippen molar-refractivity contribution in [2.45, 2.75) is 18.2 Å². The lowest BCUT2D eigenvalue weighted by atomic mass is 10.1. The van der Waals surface area contributed by atoms with Gasteiger partial charge in [0.05, 0.1) is 10.4 Å². The molecule has 7 heteroatoms. The molecule has 0 saturated heterocycles. The fourth-order valence-corrected chi connectivity index (χ4v) is 3.66.